The standard InChI is InChI=1S/C11H10BrClN2S/c12-11-2-1-9(13)3-8(11)4-14-5-10-6-15-7-16-10/h1-3,6-7,14H,4-5H2. The summed E-state index contributed by atoms with van der Waals surface area (Å²) in [5, 5.41) is 4.12. The summed E-state index contributed by atoms with van der Waals surface area (Å²) in [6.07, 6.45) is 1.88. The maximum Gasteiger partial charge on any atom is 0.0794 e. The van der Waals surface area contributed by atoms with E-state index in [-0.39, 0.29) is 0 Å². The van der Waals surface area contributed by atoms with Crippen LogP contribution in [-0.4, -0.2) is 4.98 Å². The van der Waals surface area contributed by atoms with Crippen LogP contribution in [0.25, 0.3) is 0 Å². The summed E-state index contributed by atoms with van der Waals surface area (Å²) in [6.45, 7) is 1.63. The Bertz CT molecular complexity index is 459. The first-order valence-corrected chi connectivity index (χ1v) is 6.83. The summed E-state index contributed by atoms with van der Waals surface area (Å²) in [7, 11) is 0. The summed E-state index contributed by atoms with van der Waals surface area (Å²) >= 11 is 11.1. The SMILES string of the molecule is Clc1ccc(Br)c(CNCc2cncs2)c1. The van der Waals surface area contributed by atoms with E-state index in [4.69, 9.17) is 11.6 Å². The van der Waals surface area contributed by atoms with Crippen LogP contribution in [0.5, 0.6) is 0 Å². The molecule has 0 aliphatic carbocycles. The van der Waals surface area contributed by atoms with Crippen molar-refractivity contribution in [1.82, 2.24) is 10.3 Å². The Balaban J connectivity index is 1.92. The van der Waals surface area contributed by atoms with Crippen LogP contribution in [0, 0.1) is 0 Å². The number of benzene rings is 1. The van der Waals surface area contributed by atoms with E-state index < -0.39 is 0 Å². The number of nitrogens with zero attached hydrogens (tertiary/aromatic N) is 1. The Labute approximate surface area is 112 Å². The van der Waals surface area contributed by atoms with Crippen molar-refractivity contribution < 1.29 is 0 Å². The average molecular weight is 318 g/mol. The molecule has 1 N–H and O–H groups in total. The minimum Gasteiger partial charge on any atom is -0.308 e. The van der Waals surface area contributed by atoms with E-state index in [0.717, 1.165) is 28.1 Å². The van der Waals surface area contributed by atoms with Crippen LogP contribution in [0.4, 0.5) is 0 Å². The first-order chi connectivity index (χ1) is 7.75. The quantitative estimate of drug-likeness (QED) is 0.926. The molecule has 0 fully saturated rings. The Morgan fingerprint density at radius 3 is 3.00 bits per heavy atom. The van der Waals surface area contributed by atoms with Gasteiger partial charge < -0.3 is 5.32 Å². The van der Waals surface area contributed by atoms with E-state index in [9.17, 15) is 0 Å². The smallest absolute Gasteiger partial charge is 0.0794 e. The minimum atomic E-state index is 0.762. The lowest BCUT2D eigenvalue weighted by Crippen LogP contribution is -2.12. The Kier molecular flexibility index (Phi) is 4.35. The third-order valence-corrected chi connectivity index (χ3v) is 3.89. The molecule has 0 radical (unpaired) electrons. The van der Waals surface area contributed by atoms with Crippen molar-refractivity contribution in [1.29, 1.82) is 0 Å². The molecular formula is C11H10BrClN2S. The number of aromatic nitrogens is 1. The van der Waals surface area contributed by atoms with Crippen LogP contribution in [0.15, 0.2) is 34.4 Å². The molecule has 0 aliphatic heterocycles. The molecule has 0 bridgehead atoms. The van der Waals surface area contributed by atoms with Gasteiger partial charge in [0.25, 0.3) is 0 Å². The number of thiazole rings is 1. The van der Waals surface area contributed by atoms with Crippen molar-refractivity contribution in [3.63, 3.8) is 0 Å². The molecule has 0 atom stereocenters. The van der Waals surface area contributed by atoms with Crippen molar-refractivity contribution in [2.45, 2.75) is 13.1 Å². The van der Waals surface area contributed by atoms with Crippen LogP contribution in [0.3, 0.4) is 0 Å². The largest absolute Gasteiger partial charge is 0.308 e. The molecule has 5 heteroatoms. The number of halogens is 2. The highest BCUT2D eigenvalue weighted by Gasteiger charge is 2.01. The van der Waals surface area contributed by atoms with Gasteiger partial charge in [0.05, 0.1) is 5.51 Å². The highest BCUT2D eigenvalue weighted by molar-refractivity contribution is 9.10. The highest BCUT2D eigenvalue weighted by atomic mass is 79.9. The summed E-state index contributed by atoms with van der Waals surface area (Å²) < 4.78 is 1.08. The predicted molar refractivity (Wildman–Crippen MR) is 71.8 cm³/mol. The molecule has 0 aliphatic rings. The van der Waals surface area contributed by atoms with Crippen LogP contribution < -0.4 is 5.32 Å². The fraction of sp³-hybridized carbons (Fsp3) is 0.182. The second kappa shape index (κ2) is 5.77. The van der Waals surface area contributed by atoms with Crippen molar-refractivity contribution in [2.75, 3.05) is 0 Å². The van der Waals surface area contributed by atoms with Gasteiger partial charge in [-0.1, -0.05) is 27.5 Å². The summed E-state index contributed by atoms with van der Waals surface area (Å²) in [6, 6.07) is 5.80. The van der Waals surface area contributed by atoms with Gasteiger partial charge in [0.15, 0.2) is 0 Å². The van der Waals surface area contributed by atoms with Crippen LogP contribution >= 0.6 is 38.9 Å². The zero-order valence-electron chi connectivity index (χ0n) is 8.41. The predicted octanol–water partition coefficient (Wildman–Crippen LogP) is 3.85. The van der Waals surface area contributed by atoms with E-state index in [2.05, 4.69) is 26.2 Å². The zero-order chi connectivity index (χ0) is 11.4. The van der Waals surface area contributed by atoms with Gasteiger partial charge in [0.1, 0.15) is 0 Å². The van der Waals surface area contributed by atoms with Crippen molar-refractivity contribution in [3.05, 3.63) is 49.8 Å². The fourth-order valence-corrected chi connectivity index (χ4v) is 2.47. The molecule has 2 nitrogen and oxygen atoms in total. The third-order valence-electron chi connectivity index (χ3n) is 2.11. The number of hydrogen-bond acceptors (Lipinski definition) is 3. The normalized spacial score (nSPS) is 10.6. The van der Waals surface area contributed by atoms with Gasteiger partial charge in [-0.25, -0.2) is 0 Å². The third kappa shape index (κ3) is 3.28. The van der Waals surface area contributed by atoms with E-state index in [1.807, 2.05) is 29.9 Å². The Morgan fingerprint density at radius 1 is 1.38 bits per heavy atom. The minimum absolute atomic E-state index is 0.762. The lowest BCUT2D eigenvalue weighted by molar-refractivity contribution is 0.698. The average Bonchev–Trinajstić information content (AvgIpc) is 2.76. The van der Waals surface area contributed by atoms with E-state index in [1.54, 1.807) is 11.3 Å². The van der Waals surface area contributed by atoms with Crippen molar-refractivity contribution in [2.24, 2.45) is 0 Å². The van der Waals surface area contributed by atoms with E-state index in [1.165, 1.54) is 4.88 Å². The molecule has 2 aromatic rings. The Hall–Kier alpha value is -0.420. The van der Waals surface area contributed by atoms with Gasteiger partial charge in [-0.15, -0.1) is 11.3 Å². The lowest BCUT2D eigenvalue weighted by atomic mass is 10.2. The van der Waals surface area contributed by atoms with Gasteiger partial charge in [-0.05, 0) is 23.8 Å². The number of hydrogen-bond donors (Lipinski definition) is 1. The summed E-state index contributed by atoms with van der Waals surface area (Å²) in [5.41, 5.74) is 3.00. The van der Waals surface area contributed by atoms with Gasteiger partial charge in [-0.3, -0.25) is 4.98 Å². The second-order valence-corrected chi connectivity index (χ2v) is 5.57. The van der Waals surface area contributed by atoms with E-state index >= 15 is 0 Å². The zero-order valence-corrected chi connectivity index (χ0v) is 11.6. The molecule has 0 spiro atoms. The van der Waals surface area contributed by atoms with Crippen LogP contribution in [0.2, 0.25) is 5.02 Å². The molecule has 2 rings (SSSR count). The summed E-state index contributed by atoms with van der Waals surface area (Å²) in [5.74, 6) is 0. The fourth-order valence-electron chi connectivity index (χ4n) is 1.33. The summed E-state index contributed by atoms with van der Waals surface area (Å²) in [4.78, 5) is 5.26. The van der Waals surface area contributed by atoms with Crippen molar-refractivity contribution in [3.8, 4) is 0 Å². The lowest BCUT2D eigenvalue weighted by Gasteiger charge is -2.06. The molecule has 0 saturated heterocycles. The first kappa shape index (κ1) is 12.0. The van der Waals surface area contributed by atoms with E-state index in [0.29, 0.717) is 0 Å². The van der Waals surface area contributed by atoms with Crippen molar-refractivity contribution >= 4 is 38.9 Å². The highest BCUT2D eigenvalue weighted by Crippen LogP contribution is 2.21. The maximum atomic E-state index is 5.94. The molecule has 1 heterocycles. The van der Waals surface area contributed by atoms with Gasteiger partial charge in [0.2, 0.25) is 0 Å². The molecule has 16 heavy (non-hydrogen) atoms. The Morgan fingerprint density at radius 2 is 2.25 bits per heavy atom. The monoisotopic (exact) mass is 316 g/mol. The molecule has 84 valence electrons. The topological polar surface area (TPSA) is 24.9 Å². The maximum absolute atomic E-state index is 5.94. The molecular weight excluding hydrogens is 308 g/mol. The van der Waals surface area contributed by atoms with Crippen LogP contribution in [-0.2, 0) is 13.1 Å². The van der Waals surface area contributed by atoms with Gasteiger partial charge >= 0.3 is 0 Å². The first-order valence-electron chi connectivity index (χ1n) is 4.78. The molecule has 1 aromatic heterocycles. The number of nitrogens with one attached hydrogen (secondary N) is 1. The molecule has 1 aromatic carbocycles. The number of rotatable bonds is 4. The molecule has 0 unspecified atom stereocenters. The van der Waals surface area contributed by atoms with Gasteiger partial charge in [0, 0.05) is 33.7 Å². The van der Waals surface area contributed by atoms with Crippen LogP contribution in [0.1, 0.15) is 10.4 Å². The van der Waals surface area contributed by atoms with Gasteiger partial charge in [-0.2, -0.15) is 0 Å². The second-order valence-electron chi connectivity index (χ2n) is 3.31. The molecule has 0 saturated carbocycles. The molecule has 0 amide bonds.